The molecule has 1 spiro atoms. The Kier molecular flexibility index (Phi) is 9.68. The number of ketones is 1. The van der Waals surface area contributed by atoms with Crippen molar-refractivity contribution in [2.45, 2.75) is 72.0 Å². The molecule has 4 aliphatic rings. The van der Waals surface area contributed by atoms with Gasteiger partial charge in [0, 0.05) is 29.2 Å². The Hall–Kier alpha value is -3.71. The lowest BCUT2D eigenvalue weighted by Crippen LogP contribution is -2.56. The van der Waals surface area contributed by atoms with Crippen molar-refractivity contribution >= 4 is 23.8 Å². The molecule has 6 rings (SSSR count). The van der Waals surface area contributed by atoms with Gasteiger partial charge < -0.3 is 19.3 Å². The zero-order valence-corrected chi connectivity index (χ0v) is 26.7. The summed E-state index contributed by atoms with van der Waals surface area (Å²) in [4.78, 5) is 38.8. The monoisotopic (exact) mass is 614 g/mol. The van der Waals surface area contributed by atoms with Crippen LogP contribution in [0.5, 0.6) is 5.75 Å². The van der Waals surface area contributed by atoms with E-state index in [1.165, 1.54) is 6.08 Å². The molecule has 0 radical (unpaired) electrons. The fourth-order valence-corrected chi connectivity index (χ4v) is 8.47. The van der Waals surface area contributed by atoms with Crippen LogP contribution >= 0.6 is 0 Å². The second-order valence-corrected chi connectivity index (χ2v) is 13.8. The minimum Gasteiger partial charge on any atom is -0.489 e. The van der Waals surface area contributed by atoms with Gasteiger partial charge in [0.1, 0.15) is 18.1 Å². The highest BCUT2D eigenvalue weighted by molar-refractivity contribution is 5.88. The number of esters is 2. The Bertz CT molecular complexity index is 1430. The Morgan fingerprint density at radius 3 is 2.53 bits per heavy atom. The standard InChI is InChI=1S/C38H46O7/c1-5-36(3)19-16-29-17-20-38(26(2)35(36)42)21-18-31(39)34(38)37(29,4)25-45-33(41)24-44-32(40)15-14-27-12-9-13-30(22-27)43-23-28-10-7-6-8-11-28/h5-15,22,26,29,34-35,42H,1,16-21,23-25H2,2-4H3/b15-14+/t26-,29+,34-,35-,36+,37+,38-/m0/s1. The van der Waals surface area contributed by atoms with Crippen LogP contribution in [0, 0.1) is 34.0 Å². The summed E-state index contributed by atoms with van der Waals surface area (Å²) >= 11 is 0. The summed E-state index contributed by atoms with van der Waals surface area (Å²) in [6.45, 7) is 10.3. The Balaban J connectivity index is 1.19. The Morgan fingerprint density at radius 2 is 1.78 bits per heavy atom. The maximum absolute atomic E-state index is 13.5. The predicted octanol–water partition coefficient (Wildman–Crippen LogP) is 6.73. The average Bonchev–Trinajstić information content (AvgIpc) is 3.43. The number of fused-ring (bicyclic) bond motifs is 5. The summed E-state index contributed by atoms with van der Waals surface area (Å²) in [5.41, 5.74) is 0.443. The Morgan fingerprint density at radius 1 is 1.02 bits per heavy atom. The smallest absolute Gasteiger partial charge is 0.344 e. The van der Waals surface area contributed by atoms with Gasteiger partial charge in [-0.15, -0.1) is 6.58 Å². The highest BCUT2D eigenvalue weighted by Gasteiger charge is 2.65. The van der Waals surface area contributed by atoms with Gasteiger partial charge in [-0.1, -0.05) is 69.3 Å². The number of carbonyl (C=O) groups excluding carboxylic acids is 3. The van der Waals surface area contributed by atoms with E-state index in [9.17, 15) is 19.5 Å². The van der Waals surface area contributed by atoms with Crippen molar-refractivity contribution in [2.75, 3.05) is 13.2 Å². The molecule has 0 saturated heterocycles. The van der Waals surface area contributed by atoms with Gasteiger partial charge in [-0.05, 0) is 78.7 Å². The number of hydrogen-bond donors (Lipinski definition) is 1. The molecular weight excluding hydrogens is 568 g/mol. The van der Waals surface area contributed by atoms with Crippen molar-refractivity contribution in [3.05, 3.63) is 84.5 Å². The third kappa shape index (κ3) is 6.64. The van der Waals surface area contributed by atoms with Crippen LogP contribution in [0.1, 0.15) is 70.4 Å². The third-order valence-electron chi connectivity index (χ3n) is 11.2. The number of rotatable bonds is 10. The number of carbonyl (C=O) groups is 3. The highest BCUT2D eigenvalue weighted by atomic mass is 16.6. The third-order valence-corrected chi connectivity index (χ3v) is 11.2. The molecule has 2 bridgehead atoms. The molecule has 1 N–H and O–H groups in total. The summed E-state index contributed by atoms with van der Waals surface area (Å²) < 4.78 is 16.8. The molecule has 0 unspecified atom stereocenters. The molecule has 0 amide bonds. The van der Waals surface area contributed by atoms with E-state index >= 15 is 0 Å². The first kappa shape index (κ1) is 32.7. The first-order chi connectivity index (χ1) is 21.5. The van der Waals surface area contributed by atoms with Crippen molar-refractivity contribution in [2.24, 2.45) is 34.0 Å². The molecule has 0 aromatic heterocycles. The molecule has 2 aromatic carbocycles. The van der Waals surface area contributed by atoms with Crippen molar-refractivity contribution in [3.63, 3.8) is 0 Å². The van der Waals surface area contributed by atoms with E-state index < -0.39 is 35.5 Å². The quantitative estimate of drug-likeness (QED) is 0.180. The lowest BCUT2D eigenvalue weighted by atomic mass is 9.48. The number of aliphatic hydroxyl groups is 1. The lowest BCUT2D eigenvalue weighted by Gasteiger charge is -2.55. The van der Waals surface area contributed by atoms with Crippen molar-refractivity contribution in [3.8, 4) is 5.75 Å². The number of aliphatic hydroxyl groups excluding tert-OH is 1. The largest absolute Gasteiger partial charge is 0.489 e. The van der Waals surface area contributed by atoms with Crippen LogP contribution in [-0.2, 0) is 30.5 Å². The second kappa shape index (κ2) is 13.3. The second-order valence-electron chi connectivity index (χ2n) is 13.8. The minimum absolute atomic E-state index is 0.0748. The van der Waals surface area contributed by atoms with E-state index in [1.54, 1.807) is 6.08 Å². The van der Waals surface area contributed by atoms with Crippen LogP contribution < -0.4 is 4.74 Å². The molecule has 0 heterocycles. The van der Waals surface area contributed by atoms with Gasteiger partial charge in [-0.25, -0.2) is 9.59 Å². The lowest BCUT2D eigenvalue weighted by molar-refractivity contribution is -0.171. The summed E-state index contributed by atoms with van der Waals surface area (Å²) in [5.74, 6) is -0.683. The normalized spacial score (nSPS) is 32.7. The van der Waals surface area contributed by atoms with Crippen LogP contribution in [0.25, 0.3) is 6.08 Å². The zero-order valence-electron chi connectivity index (χ0n) is 26.7. The number of ether oxygens (including phenoxy) is 3. The molecular formula is C38H46O7. The van der Waals surface area contributed by atoms with E-state index in [0.717, 1.165) is 43.2 Å². The van der Waals surface area contributed by atoms with Crippen molar-refractivity contribution in [1.29, 1.82) is 0 Å². The van der Waals surface area contributed by atoms with E-state index in [0.29, 0.717) is 18.8 Å². The summed E-state index contributed by atoms with van der Waals surface area (Å²) in [6, 6.07) is 17.2. The molecule has 7 heteroatoms. The molecule has 4 aliphatic carbocycles. The SMILES string of the molecule is C=C[C@]1(C)CC[C@@H]2CC[C@]3(CCC(=O)[C@H]3[C@]2(C)COC(=O)COC(=O)/C=C/c2cccc(OCc3ccccc3)c2)[C@@H](C)[C@@H]1O. The first-order valence-corrected chi connectivity index (χ1v) is 16.1. The van der Waals surface area contributed by atoms with E-state index in [1.807, 2.05) is 60.7 Å². The molecule has 45 heavy (non-hydrogen) atoms. The maximum atomic E-state index is 13.5. The first-order valence-electron chi connectivity index (χ1n) is 16.1. The van der Waals surface area contributed by atoms with Gasteiger partial charge in [0.05, 0.1) is 12.7 Å². The van der Waals surface area contributed by atoms with Crippen LogP contribution in [0.4, 0.5) is 0 Å². The van der Waals surface area contributed by atoms with Gasteiger partial charge in [0.2, 0.25) is 0 Å². The molecule has 4 fully saturated rings. The average molecular weight is 615 g/mol. The van der Waals surface area contributed by atoms with E-state index in [-0.39, 0.29) is 35.6 Å². The van der Waals surface area contributed by atoms with Crippen molar-refractivity contribution in [1.82, 2.24) is 0 Å². The number of hydrogen-bond acceptors (Lipinski definition) is 7. The minimum atomic E-state index is -0.660. The van der Waals surface area contributed by atoms with Gasteiger partial charge in [0.15, 0.2) is 6.61 Å². The fraction of sp³-hybridized carbons (Fsp3) is 0.500. The molecule has 7 atom stereocenters. The van der Waals surface area contributed by atoms with Crippen LogP contribution in [0.3, 0.4) is 0 Å². The summed E-state index contributed by atoms with van der Waals surface area (Å²) in [6.07, 6.45) is 8.72. The molecule has 4 saturated carbocycles. The van der Waals surface area contributed by atoms with Crippen LogP contribution in [0.2, 0.25) is 0 Å². The fourth-order valence-electron chi connectivity index (χ4n) is 8.47. The Labute approximate surface area is 266 Å². The van der Waals surface area contributed by atoms with Gasteiger partial charge >= 0.3 is 11.9 Å². The van der Waals surface area contributed by atoms with E-state index in [2.05, 4.69) is 27.4 Å². The summed E-state index contributed by atoms with van der Waals surface area (Å²) in [7, 11) is 0. The maximum Gasteiger partial charge on any atom is 0.344 e. The molecule has 240 valence electrons. The van der Waals surface area contributed by atoms with Gasteiger partial charge in [-0.2, -0.15) is 0 Å². The zero-order chi connectivity index (χ0) is 32.2. The van der Waals surface area contributed by atoms with Crippen LogP contribution in [-0.4, -0.2) is 42.1 Å². The molecule has 0 aliphatic heterocycles. The molecule has 2 aromatic rings. The number of benzene rings is 2. The van der Waals surface area contributed by atoms with Crippen molar-refractivity contribution < 1.29 is 33.7 Å². The highest BCUT2D eigenvalue weighted by Crippen LogP contribution is 2.66. The van der Waals surface area contributed by atoms with Gasteiger partial charge in [0.25, 0.3) is 0 Å². The predicted molar refractivity (Wildman–Crippen MR) is 172 cm³/mol. The van der Waals surface area contributed by atoms with Gasteiger partial charge in [-0.3, -0.25) is 4.79 Å². The van der Waals surface area contributed by atoms with E-state index in [4.69, 9.17) is 14.2 Å². The number of Topliss-reactive ketones (excluding diaryl/α,β-unsaturated/α-hetero) is 1. The summed E-state index contributed by atoms with van der Waals surface area (Å²) in [5, 5.41) is 11.6. The topological polar surface area (TPSA) is 99.1 Å². The van der Waals surface area contributed by atoms with Crippen LogP contribution in [0.15, 0.2) is 73.3 Å². The molecule has 7 nitrogen and oxygen atoms in total.